The zero-order valence-corrected chi connectivity index (χ0v) is 12.9. The lowest BCUT2D eigenvalue weighted by molar-refractivity contribution is 0.102. The number of aliphatic hydroxyl groups is 1. The molecule has 0 radical (unpaired) electrons. The summed E-state index contributed by atoms with van der Waals surface area (Å²) in [6.45, 7) is 3.75. The molecule has 0 unspecified atom stereocenters. The van der Waals surface area contributed by atoms with Gasteiger partial charge in [-0.05, 0) is 38.2 Å². The third-order valence-electron chi connectivity index (χ3n) is 4.09. The van der Waals surface area contributed by atoms with Crippen molar-refractivity contribution in [2.45, 2.75) is 26.2 Å². The first-order chi connectivity index (χ1) is 10.2. The Morgan fingerprint density at radius 2 is 2.19 bits per heavy atom. The summed E-state index contributed by atoms with van der Waals surface area (Å²) in [7, 11) is 0. The van der Waals surface area contributed by atoms with E-state index in [1.54, 1.807) is 13.3 Å². The molecule has 0 saturated carbocycles. The zero-order valence-electron chi connectivity index (χ0n) is 12.1. The van der Waals surface area contributed by atoms with E-state index in [-0.39, 0.29) is 12.4 Å². The van der Waals surface area contributed by atoms with Crippen molar-refractivity contribution in [1.82, 2.24) is 9.97 Å². The molecule has 0 aliphatic carbocycles. The second-order valence-corrected chi connectivity index (χ2v) is 6.57. The summed E-state index contributed by atoms with van der Waals surface area (Å²) in [6.07, 6.45) is 4.63. The number of carbonyl (C=O) groups excluding carboxylic acids is 1. The third kappa shape index (κ3) is 2.91. The molecule has 2 aromatic heterocycles. The van der Waals surface area contributed by atoms with E-state index in [0.29, 0.717) is 5.92 Å². The lowest BCUT2D eigenvalue weighted by Crippen LogP contribution is -2.34. The number of Topliss-reactive ketones (excluding diaryl/α,β-unsaturated/α-hetero) is 1. The molecule has 0 aromatic carbocycles. The van der Waals surface area contributed by atoms with Crippen molar-refractivity contribution in [3.63, 3.8) is 0 Å². The van der Waals surface area contributed by atoms with Crippen molar-refractivity contribution < 1.29 is 9.90 Å². The molecule has 0 atom stereocenters. The minimum atomic E-state index is 0.0746. The standard InChI is InChI=1S/C15H19N3O2S/c1-10(20)13-8-12-14(21-13)15(17-9-16-12)18-5-2-11(3-6-18)4-7-19/h8-9,11,19H,2-7H2,1H3. The number of thiophene rings is 1. The first-order valence-corrected chi connectivity index (χ1v) is 8.12. The minimum absolute atomic E-state index is 0.0746. The average molecular weight is 305 g/mol. The third-order valence-corrected chi connectivity index (χ3v) is 5.31. The Morgan fingerprint density at radius 1 is 1.43 bits per heavy atom. The second kappa shape index (κ2) is 6.07. The predicted octanol–water partition coefficient (Wildman–Crippen LogP) is 2.49. The molecular weight excluding hydrogens is 286 g/mol. The zero-order chi connectivity index (χ0) is 14.8. The molecule has 3 heterocycles. The first-order valence-electron chi connectivity index (χ1n) is 7.30. The van der Waals surface area contributed by atoms with E-state index in [2.05, 4.69) is 14.9 Å². The summed E-state index contributed by atoms with van der Waals surface area (Å²) in [4.78, 5) is 23.3. The van der Waals surface area contributed by atoms with Crippen molar-refractivity contribution in [3.05, 3.63) is 17.3 Å². The van der Waals surface area contributed by atoms with Gasteiger partial charge >= 0.3 is 0 Å². The Balaban J connectivity index is 1.85. The monoisotopic (exact) mass is 305 g/mol. The van der Waals surface area contributed by atoms with Crippen LogP contribution in [0.5, 0.6) is 0 Å². The van der Waals surface area contributed by atoms with Crippen molar-refractivity contribution in [2.75, 3.05) is 24.6 Å². The second-order valence-electron chi connectivity index (χ2n) is 5.52. The van der Waals surface area contributed by atoms with Gasteiger partial charge in [-0.2, -0.15) is 0 Å². The Kier molecular flexibility index (Phi) is 4.17. The quantitative estimate of drug-likeness (QED) is 0.879. The summed E-state index contributed by atoms with van der Waals surface area (Å²) < 4.78 is 1.00. The molecule has 5 nitrogen and oxygen atoms in total. The van der Waals surface area contributed by atoms with Crippen LogP contribution < -0.4 is 4.90 Å². The van der Waals surface area contributed by atoms with E-state index in [1.807, 2.05) is 6.07 Å². The molecule has 1 aliphatic heterocycles. The Bertz CT molecular complexity index is 647. The van der Waals surface area contributed by atoms with E-state index >= 15 is 0 Å². The number of aliphatic hydroxyl groups excluding tert-OH is 1. The van der Waals surface area contributed by atoms with Crippen molar-refractivity contribution in [3.8, 4) is 0 Å². The number of rotatable bonds is 4. The van der Waals surface area contributed by atoms with Gasteiger partial charge in [0.15, 0.2) is 5.78 Å². The number of piperidine rings is 1. The summed E-state index contributed by atoms with van der Waals surface area (Å²) in [5.74, 6) is 1.63. The van der Waals surface area contributed by atoms with Crippen LogP contribution in [0.3, 0.4) is 0 Å². The number of nitrogens with zero attached hydrogens (tertiary/aromatic N) is 3. The summed E-state index contributed by atoms with van der Waals surface area (Å²) in [6, 6.07) is 1.85. The van der Waals surface area contributed by atoms with Gasteiger partial charge in [0, 0.05) is 19.7 Å². The number of hydrogen-bond acceptors (Lipinski definition) is 6. The molecule has 0 spiro atoms. The smallest absolute Gasteiger partial charge is 0.169 e. The highest BCUT2D eigenvalue weighted by molar-refractivity contribution is 7.21. The van der Waals surface area contributed by atoms with E-state index < -0.39 is 0 Å². The fourth-order valence-corrected chi connectivity index (χ4v) is 3.88. The molecule has 1 aliphatic rings. The molecular formula is C15H19N3O2S. The highest BCUT2D eigenvalue weighted by Crippen LogP contribution is 2.33. The molecule has 112 valence electrons. The van der Waals surface area contributed by atoms with Crippen LogP contribution in [-0.2, 0) is 0 Å². The average Bonchev–Trinajstić information content (AvgIpc) is 2.93. The van der Waals surface area contributed by atoms with Gasteiger partial charge < -0.3 is 10.0 Å². The van der Waals surface area contributed by atoms with E-state index in [0.717, 1.165) is 53.3 Å². The predicted molar refractivity (Wildman–Crippen MR) is 84.1 cm³/mol. The largest absolute Gasteiger partial charge is 0.396 e. The molecule has 3 rings (SSSR count). The summed E-state index contributed by atoms with van der Waals surface area (Å²) in [5.41, 5.74) is 0.854. The van der Waals surface area contributed by atoms with Gasteiger partial charge in [0.05, 0.1) is 15.1 Å². The highest BCUT2D eigenvalue weighted by Gasteiger charge is 2.22. The van der Waals surface area contributed by atoms with Crippen LogP contribution in [0.2, 0.25) is 0 Å². The number of carbonyl (C=O) groups is 1. The molecule has 1 saturated heterocycles. The maximum absolute atomic E-state index is 11.5. The SMILES string of the molecule is CC(=O)c1cc2ncnc(N3CCC(CCO)CC3)c2s1. The topological polar surface area (TPSA) is 66.3 Å². The fraction of sp³-hybridized carbons (Fsp3) is 0.533. The number of aromatic nitrogens is 2. The fourth-order valence-electron chi connectivity index (χ4n) is 2.86. The Morgan fingerprint density at radius 3 is 2.86 bits per heavy atom. The van der Waals surface area contributed by atoms with Crippen LogP contribution in [0.1, 0.15) is 35.9 Å². The number of anilines is 1. The molecule has 0 bridgehead atoms. The van der Waals surface area contributed by atoms with Crippen LogP contribution in [0.25, 0.3) is 10.2 Å². The van der Waals surface area contributed by atoms with Crippen molar-refractivity contribution in [2.24, 2.45) is 5.92 Å². The van der Waals surface area contributed by atoms with Gasteiger partial charge in [-0.3, -0.25) is 4.79 Å². The van der Waals surface area contributed by atoms with Gasteiger partial charge in [0.1, 0.15) is 12.1 Å². The van der Waals surface area contributed by atoms with Crippen molar-refractivity contribution in [1.29, 1.82) is 0 Å². The Hall–Kier alpha value is -1.53. The maximum atomic E-state index is 11.5. The lowest BCUT2D eigenvalue weighted by Gasteiger charge is -2.32. The van der Waals surface area contributed by atoms with Gasteiger partial charge in [-0.15, -0.1) is 11.3 Å². The Labute approximate surface area is 127 Å². The molecule has 21 heavy (non-hydrogen) atoms. The van der Waals surface area contributed by atoms with Crippen LogP contribution in [0.15, 0.2) is 12.4 Å². The van der Waals surface area contributed by atoms with E-state index in [1.165, 1.54) is 11.3 Å². The number of ketones is 1. The van der Waals surface area contributed by atoms with Crippen LogP contribution in [0.4, 0.5) is 5.82 Å². The molecule has 6 heteroatoms. The van der Waals surface area contributed by atoms with Gasteiger partial charge in [0.25, 0.3) is 0 Å². The molecule has 2 aromatic rings. The van der Waals surface area contributed by atoms with E-state index in [9.17, 15) is 4.79 Å². The molecule has 1 fully saturated rings. The van der Waals surface area contributed by atoms with Gasteiger partial charge in [0.2, 0.25) is 0 Å². The van der Waals surface area contributed by atoms with Crippen LogP contribution in [-0.4, -0.2) is 40.6 Å². The molecule has 1 N–H and O–H groups in total. The minimum Gasteiger partial charge on any atom is -0.396 e. The van der Waals surface area contributed by atoms with E-state index in [4.69, 9.17) is 5.11 Å². The first kappa shape index (κ1) is 14.4. The van der Waals surface area contributed by atoms with Crippen molar-refractivity contribution >= 4 is 33.2 Å². The van der Waals surface area contributed by atoms with Gasteiger partial charge in [-0.25, -0.2) is 9.97 Å². The van der Waals surface area contributed by atoms with Crippen LogP contribution in [0, 0.1) is 5.92 Å². The lowest BCUT2D eigenvalue weighted by atomic mass is 9.94. The molecule has 0 amide bonds. The van der Waals surface area contributed by atoms with Gasteiger partial charge in [-0.1, -0.05) is 0 Å². The number of fused-ring (bicyclic) bond motifs is 1. The number of hydrogen-bond donors (Lipinski definition) is 1. The summed E-state index contributed by atoms with van der Waals surface area (Å²) >= 11 is 1.48. The maximum Gasteiger partial charge on any atom is 0.169 e. The highest BCUT2D eigenvalue weighted by atomic mass is 32.1. The summed E-state index contributed by atoms with van der Waals surface area (Å²) in [5, 5.41) is 9.03. The normalized spacial score (nSPS) is 16.6. The van der Waals surface area contributed by atoms with Crippen LogP contribution >= 0.6 is 11.3 Å².